The second kappa shape index (κ2) is 6.28. The molecule has 0 unspecified atom stereocenters. The van der Waals surface area contributed by atoms with Gasteiger partial charge in [-0.3, -0.25) is 9.36 Å². The molecule has 0 radical (unpaired) electrons. The van der Waals surface area contributed by atoms with Gasteiger partial charge in [-0.1, -0.05) is 25.5 Å². The van der Waals surface area contributed by atoms with E-state index < -0.39 is 7.67 Å². The first-order chi connectivity index (χ1) is 13.8. The van der Waals surface area contributed by atoms with Crippen LogP contribution in [0.4, 0.5) is 0 Å². The zero-order chi connectivity index (χ0) is 20.0. The Morgan fingerprint density at radius 1 is 1.00 bits per heavy atom. The first-order valence-electron chi connectivity index (χ1n) is 11.9. The van der Waals surface area contributed by atoms with Gasteiger partial charge in [0.05, 0.1) is 6.10 Å². The SMILES string of the molecule is C[C@]12CC[C@H](OP(=O)(N3CC3)N3CC3)CC1=CC[C@@H]1[C@H]2CC[C@]2(C)C(=O)CC[C@@H]12. The normalized spacial score (nSPS) is 47.2. The first-order valence-corrected chi connectivity index (χ1v) is 13.4. The van der Waals surface area contributed by atoms with E-state index in [1.54, 1.807) is 5.57 Å². The van der Waals surface area contributed by atoms with E-state index in [2.05, 4.69) is 19.9 Å². The van der Waals surface area contributed by atoms with E-state index in [0.29, 0.717) is 23.5 Å². The summed E-state index contributed by atoms with van der Waals surface area (Å²) in [4.78, 5) is 12.6. The van der Waals surface area contributed by atoms with E-state index in [9.17, 15) is 9.36 Å². The standard InChI is InChI=1S/C23H35N2O3P/c1-22-9-7-17(28-29(27,24-11-12-24)25-13-14-25)15-16(22)3-4-18-19-5-6-21(26)23(19,2)10-8-20(18)22/h3,17-20H,4-15H2,1-2H3/t17-,18-,19-,20+,22-,23-/m0/s1. The Morgan fingerprint density at radius 2 is 1.66 bits per heavy atom. The fraction of sp³-hybridized carbons (Fsp3) is 0.870. The highest BCUT2D eigenvalue weighted by atomic mass is 31.2. The monoisotopic (exact) mass is 418 g/mol. The van der Waals surface area contributed by atoms with Crippen molar-refractivity contribution in [3.8, 4) is 0 Å². The van der Waals surface area contributed by atoms with Crippen LogP contribution in [-0.4, -0.2) is 47.4 Å². The molecule has 0 amide bonds. The van der Waals surface area contributed by atoms with Crippen LogP contribution in [0.1, 0.15) is 65.2 Å². The molecule has 0 bridgehead atoms. The average Bonchev–Trinajstić information content (AvgIpc) is 3.59. The van der Waals surface area contributed by atoms with Gasteiger partial charge in [-0.15, -0.1) is 0 Å². The van der Waals surface area contributed by atoms with Crippen LogP contribution < -0.4 is 0 Å². The van der Waals surface area contributed by atoms with Gasteiger partial charge in [0.2, 0.25) is 0 Å². The zero-order valence-electron chi connectivity index (χ0n) is 17.9. The highest BCUT2D eigenvalue weighted by Gasteiger charge is 2.59. The third kappa shape index (κ3) is 2.76. The van der Waals surface area contributed by atoms with E-state index >= 15 is 0 Å². The molecular weight excluding hydrogens is 383 g/mol. The molecule has 6 aliphatic rings. The van der Waals surface area contributed by atoms with E-state index in [1.165, 1.54) is 6.42 Å². The van der Waals surface area contributed by atoms with Crippen LogP contribution in [0.5, 0.6) is 0 Å². The Labute approximate surface area is 174 Å². The van der Waals surface area contributed by atoms with Gasteiger partial charge in [0.1, 0.15) is 5.78 Å². The largest absolute Gasteiger partial charge is 0.346 e. The number of allylic oxidation sites excluding steroid dienone is 1. The van der Waals surface area contributed by atoms with Crippen molar-refractivity contribution >= 4 is 13.5 Å². The maximum absolute atomic E-state index is 13.4. The van der Waals surface area contributed by atoms with Crippen molar-refractivity contribution in [1.82, 2.24) is 9.34 Å². The molecule has 160 valence electrons. The Kier molecular flexibility index (Phi) is 4.16. The van der Waals surface area contributed by atoms with E-state index in [4.69, 9.17) is 4.52 Å². The Morgan fingerprint density at radius 3 is 2.34 bits per heavy atom. The van der Waals surface area contributed by atoms with Crippen LogP contribution in [0.2, 0.25) is 0 Å². The summed E-state index contributed by atoms with van der Waals surface area (Å²) in [5.41, 5.74) is 1.76. The van der Waals surface area contributed by atoms with Crippen LogP contribution in [0.15, 0.2) is 11.6 Å². The molecule has 2 aliphatic heterocycles. The number of carbonyl (C=O) groups excluding carboxylic acids is 1. The van der Waals surface area contributed by atoms with Gasteiger partial charge in [-0.05, 0) is 68.1 Å². The topological polar surface area (TPSA) is 49.4 Å². The number of carbonyl (C=O) groups is 1. The van der Waals surface area contributed by atoms with Crippen molar-refractivity contribution in [2.45, 2.75) is 71.3 Å². The molecule has 5 fully saturated rings. The van der Waals surface area contributed by atoms with E-state index in [1.807, 2.05) is 9.34 Å². The van der Waals surface area contributed by atoms with Gasteiger partial charge >= 0.3 is 7.67 Å². The molecule has 3 saturated carbocycles. The number of hydrogen-bond donors (Lipinski definition) is 0. The Hall–Kier alpha value is -0.480. The van der Waals surface area contributed by atoms with Crippen LogP contribution in [0, 0.1) is 28.6 Å². The molecule has 6 rings (SSSR count). The third-order valence-electron chi connectivity index (χ3n) is 9.62. The van der Waals surface area contributed by atoms with Crippen LogP contribution in [-0.2, 0) is 13.9 Å². The van der Waals surface area contributed by atoms with Crippen molar-refractivity contribution in [2.75, 3.05) is 26.2 Å². The minimum Gasteiger partial charge on any atom is -0.302 e. The van der Waals surface area contributed by atoms with Gasteiger partial charge in [-0.2, -0.15) is 0 Å². The number of fused-ring (bicyclic) bond motifs is 5. The van der Waals surface area contributed by atoms with Crippen molar-refractivity contribution in [2.24, 2.45) is 28.6 Å². The summed E-state index contributed by atoms with van der Waals surface area (Å²) < 4.78 is 23.9. The lowest BCUT2D eigenvalue weighted by molar-refractivity contribution is -0.131. The number of nitrogens with zero attached hydrogens (tertiary/aromatic N) is 2. The third-order valence-corrected chi connectivity index (χ3v) is 12.4. The summed E-state index contributed by atoms with van der Waals surface area (Å²) in [6.45, 7) is 8.42. The molecule has 0 N–H and O–H groups in total. The maximum Gasteiger partial charge on any atom is 0.346 e. The first kappa shape index (κ1) is 19.2. The van der Waals surface area contributed by atoms with Crippen molar-refractivity contribution in [3.63, 3.8) is 0 Å². The summed E-state index contributed by atoms with van der Waals surface area (Å²) in [6.07, 6.45) is 11.0. The summed E-state index contributed by atoms with van der Waals surface area (Å²) in [5, 5.41) is 0. The van der Waals surface area contributed by atoms with Crippen molar-refractivity contribution in [3.05, 3.63) is 11.6 Å². The number of Topliss-reactive ketones (excluding diaryl/α,β-unsaturated/α-hetero) is 1. The van der Waals surface area contributed by atoms with Crippen molar-refractivity contribution in [1.29, 1.82) is 0 Å². The smallest absolute Gasteiger partial charge is 0.302 e. The highest BCUT2D eigenvalue weighted by Crippen LogP contribution is 2.66. The molecule has 6 heteroatoms. The number of ketones is 1. The van der Waals surface area contributed by atoms with Gasteiger partial charge in [0, 0.05) is 38.0 Å². The van der Waals surface area contributed by atoms with Crippen LogP contribution >= 0.6 is 7.67 Å². The molecule has 5 nitrogen and oxygen atoms in total. The fourth-order valence-electron chi connectivity index (χ4n) is 7.59. The average molecular weight is 419 g/mol. The highest BCUT2D eigenvalue weighted by molar-refractivity contribution is 7.54. The second-order valence-electron chi connectivity index (χ2n) is 11.0. The molecule has 2 heterocycles. The summed E-state index contributed by atoms with van der Waals surface area (Å²) in [7, 11) is -2.74. The molecule has 0 aromatic heterocycles. The van der Waals surface area contributed by atoms with Crippen molar-refractivity contribution < 1.29 is 13.9 Å². The number of hydrogen-bond acceptors (Lipinski definition) is 3. The maximum atomic E-state index is 13.4. The van der Waals surface area contributed by atoms with Gasteiger partial charge in [-0.25, -0.2) is 9.34 Å². The van der Waals surface area contributed by atoms with Crippen LogP contribution in [0.3, 0.4) is 0 Å². The fourth-order valence-corrected chi connectivity index (χ4v) is 9.97. The lowest BCUT2D eigenvalue weighted by Crippen LogP contribution is -2.50. The van der Waals surface area contributed by atoms with Gasteiger partial charge in [0.25, 0.3) is 0 Å². The van der Waals surface area contributed by atoms with Gasteiger partial charge in [0.15, 0.2) is 0 Å². The molecule has 0 aromatic rings. The lowest BCUT2D eigenvalue weighted by atomic mass is 9.48. The van der Waals surface area contributed by atoms with E-state index in [0.717, 1.165) is 71.1 Å². The predicted octanol–water partition coefficient (Wildman–Crippen LogP) is 4.64. The summed E-state index contributed by atoms with van der Waals surface area (Å²) in [6, 6.07) is 0. The predicted molar refractivity (Wildman–Crippen MR) is 112 cm³/mol. The molecule has 6 atom stereocenters. The molecule has 2 saturated heterocycles. The van der Waals surface area contributed by atoms with Crippen LogP contribution in [0.25, 0.3) is 0 Å². The Bertz CT molecular complexity index is 803. The minimum absolute atomic E-state index is 0.0484. The zero-order valence-corrected chi connectivity index (χ0v) is 18.8. The number of rotatable bonds is 4. The van der Waals surface area contributed by atoms with Gasteiger partial charge < -0.3 is 4.52 Å². The minimum atomic E-state index is -2.74. The molecule has 0 spiro atoms. The summed E-state index contributed by atoms with van der Waals surface area (Å²) >= 11 is 0. The Balaban J connectivity index is 1.22. The van der Waals surface area contributed by atoms with E-state index in [-0.39, 0.29) is 16.9 Å². The lowest BCUT2D eigenvalue weighted by Gasteiger charge is -2.57. The molecular formula is C23H35N2O3P. The summed E-state index contributed by atoms with van der Waals surface area (Å²) in [5.74, 6) is 2.49. The molecule has 29 heavy (non-hydrogen) atoms. The second-order valence-corrected chi connectivity index (χ2v) is 13.4. The molecule has 4 aliphatic carbocycles. The quantitative estimate of drug-likeness (QED) is 0.378. The molecule has 0 aromatic carbocycles.